The van der Waals surface area contributed by atoms with Gasteiger partial charge >= 0.3 is 5.97 Å². The molecule has 0 aliphatic carbocycles. The van der Waals surface area contributed by atoms with Crippen LogP contribution < -0.4 is 5.32 Å². The Morgan fingerprint density at radius 1 is 0.549 bits per heavy atom. The van der Waals surface area contributed by atoms with Gasteiger partial charge in [-0.2, -0.15) is 0 Å². The zero-order valence-electron chi connectivity index (χ0n) is 44.8. The average molecular weight is 998 g/mol. The fourth-order valence-electron chi connectivity index (χ4n) is 8.21. The monoisotopic (exact) mass is 998 g/mol. The molecule has 6 N–H and O–H groups in total. The van der Waals surface area contributed by atoms with E-state index in [9.17, 15) is 35.1 Å². The van der Waals surface area contributed by atoms with E-state index in [1.54, 1.807) is 12.2 Å². The molecule has 0 radical (unpaired) electrons. The molecule has 0 spiro atoms. The highest BCUT2D eigenvalue weighted by molar-refractivity contribution is 5.81. The third kappa shape index (κ3) is 36.4. The van der Waals surface area contributed by atoms with Crippen molar-refractivity contribution >= 4 is 11.9 Å². The van der Waals surface area contributed by atoms with Gasteiger partial charge in [0, 0.05) is 12.8 Å². The van der Waals surface area contributed by atoms with Gasteiger partial charge in [-0.1, -0.05) is 215 Å². The minimum atomic E-state index is -1.65. The lowest BCUT2D eigenvalue weighted by Crippen LogP contribution is -2.61. The first-order valence-electron chi connectivity index (χ1n) is 28.4. The van der Waals surface area contributed by atoms with Crippen LogP contribution in [-0.4, -0.2) is 99.6 Å². The molecule has 8 unspecified atom stereocenters. The smallest absolute Gasteiger partial charge is 0.306 e. The van der Waals surface area contributed by atoms with Crippen LogP contribution in [-0.2, 0) is 23.8 Å². The van der Waals surface area contributed by atoms with Gasteiger partial charge in [-0.25, -0.2) is 0 Å². The summed E-state index contributed by atoms with van der Waals surface area (Å²) in [4.78, 5) is 26.4. The van der Waals surface area contributed by atoms with Crippen LogP contribution in [0.5, 0.6) is 0 Å². The van der Waals surface area contributed by atoms with Crippen LogP contribution in [0.25, 0.3) is 0 Å². The highest BCUT2D eigenvalue weighted by Gasteiger charge is 2.47. The van der Waals surface area contributed by atoms with Crippen LogP contribution in [0.1, 0.15) is 220 Å². The van der Waals surface area contributed by atoms with Gasteiger partial charge in [0.25, 0.3) is 0 Å². The number of aliphatic hydroxyl groups is 5. The normalized spacial score (nSPS) is 20.3. The number of aliphatic hydroxyl groups excluding tert-OH is 5. The molecule has 0 aromatic rings. The largest absolute Gasteiger partial charge is 0.454 e. The van der Waals surface area contributed by atoms with E-state index >= 15 is 0 Å². The summed E-state index contributed by atoms with van der Waals surface area (Å²) in [5, 5.41) is 56.6. The molecular formula is C60H103NO10. The highest BCUT2D eigenvalue weighted by Crippen LogP contribution is 2.26. The average Bonchev–Trinajstić information content (AvgIpc) is 3.37. The van der Waals surface area contributed by atoms with E-state index in [1.807, 2.05) is 24.3 Å². The molecule has 408 valence electrons. The maximum Gasteiger partial charge on any atom is 0.306 e. The number of esters is 1. The van der Waals surface area contributed by atoms with E-state index in [0.29, 0.717) is 19.3 Å². The molecule has 11 heteroatoms. The number of carbonyl (C=O) groups excluding carboxylic acids is 2. The molecule has 8 atom stereocenters. The zero-order valence-corrected chi connectivity index (χ0v) is 44.8. The first-order valence-corrected chi connectivity index (χ1v) is 28.4. The molecule has 1 amide bonds. The van der Waals surface area contributed by atoms with Gasteiger partial charge in [0.1, 0.15) is 24.4 Å². The van der Waals surface area contributed by atoms with Gasteiger partial charge in [0.2, 0.25) is 5.91 Å². The van der Waals surface area contributed by atoms with Crippen LogP contribution >= 0.6 is 0 Å². The van der Waals surface area contributed by atoms with Gasteiger partial charge < -0.3 is 45.1 Å². The summed E-state index contributed by atoms with van der Waals surface area (Å²) in [7, 11) is 0. The van der Waals surface area contributed by atoms with E-state index in [2.05, 4.69) is 74.7 Å². The SMILES string of the molecule is CCCCC/C=C\C/C=C\C/C=C\C/C=C\CCCC(=O)OC1C(OCC(NC(=O)C(O)C/C=C/C/C=C\CCCCCCCC)C(O)/C=C/CCCCCCCCCCCCC)OC(CO)C(O)C1O. The highest BCUT2D eigenvalue weighted by atomic mass is 16.7. The van der Waals surface area contributed by atoms with Crippen molar-refractivity contribution in [3.05, 3.63) is 85.1 Å². The Morgan fingerprint density at radius 3 is 1.48 bits per heavy atom. The number of amides is 1. The molecule has 71 heavy (non-hydrogen) atoms. The van der Waals surface area contributed by atoms with E-state index in [4.69, 9.17) is 14.2 Å². The summed E-state index contributed by atoms with van der Waals surface area (Å²) in [5.74, 6) is -1.33. The molecule has 1 rings (SSSR count). The van der Waals surface area contributed by atoms with Crippen molar-refractivity contribution in [3.63, 3.8) is 0 Å². The number of carbonyl (C=O) groups is 2. The molecule has 0 bridgehead atoms. The molecule has 11 nitrogen and oxygen atoms in total. The summed E-state index contributed by atoms with van der Waals surface area (Å²) < 4.78 is 17.5. The Morgan fingerprint density at radius 2 is 0.972 bits per heavy atom. The fraction of sp³-hybridized carbons (Fsp3) is 0.733. The lowest BCUT2D eigenvalue weighted by Gasteiger charge is -2.41. The van der Waals surface area contributed by atoms with Gasteiger partial charge in [-0.3, -0.25) is 9.59 Å². The van der Waals surface area contributed by atoms with E-state index in [-0.39, 0.29) is 19.4 Å². The first-order chi connectivity index (χ1) is 34.7. The van der Waals surface area contributed by atoms with Crippen LogP contribution in [0.3, 0.4) is 0 Å². The van der Waals surface area contributed by atoms with Gasteiger partial charge in [-0.15, -0.1) is 0 Å². The third-order valence-electron chi connectivity index (χ3n) is 12.8. The number of hydrogen-bond donors (Lipinski definition) is 6. The predicted octanol–water partition coefficient (Wildman–Crippen LogP) is 12.6. The molecule has 0 aromatic heterocycles. The van der Waals surface area contributed by atoms with Crippen LogP contribution in [0.15, 0.2) is 85.1 Å². The Bertz CT molecular complexity index is 1470. The van der Waals surface area contributed by atoms with Crippen molar-refractivity contribution in [3.8, 4) is 0 Å². The minimum Gasteiger partial charge on any atom is -0.454 e. The molecule has 1 aliphatic heterocycles. The molecule has 0 aromatic carbocycles. The predicted molar refractivity (Wildman–Crippen MR) is 292 cm³/mol. The quantitative estimate of drug-likeness (QED) is 0.0196. The Balaban J connectivity index is 2.82. The topological polar surface area (TPSA) is 175 Å². The maximum absolute atomic E-state index is 13.3. The molecule has 1 saturated heterocycles. The lowest BCUT2D eigenvalue weighted by atomic mass is 9.99. The molecule has 1 aliphatic rings. The second-order valence-electron chi connectivity index (χ2n) is 19.3. The van der Waals surface area contributed by atoms with Crippen LogP contribution in [0, 0.1) is 0 Å². The van der Waals surface area contributed by atoms with E-state index < -0.39 is 67.4 Å². The minimum absolute atomic E-state index is 0.0383. The lowest BCUT2D eigenvalue weighted by molar-refractivity contribution is -0.305. The number of rotatable bonds is 46. The Kier molecular flexibility index (Phi) is 44.4. The van der Waals surface area contributed by atoms with Crippen molar-refractivity contribution in [2.24, 2.45) is 0 Å². The Labute approximate surface area is 432 Å². The molecule has 1 heterocycles. The van der Waals surface area contributed by atoms with Gasteiger partial charge in [-0.05, 0) is 77.0 Å². The first kappa shape index (κ1) is 65.9. The van der Waals surface area contributed by atoms with Crippen molar-refractivity contribution < 1.29 is 49.3 Å². The number of ether oxygens (including phenoxy) is 3. The summed E-state index contributed by atoms with van der Waals surface area (Å²) in [5.41, 5.74) is 0. The van der Waals surface area contributed by atoms with Crippen LogP contribution in [0.4, 0.5) is 0 Å². The molecule has 0 saturated carbocycles. The third-order valence-corrected chi connectivity index (χ3v) is 12.8. The number of unbranched alkanes of at least 4 members (excludes halogenated alkanes) is 21. The molecule has 1 fully saturated rings. The molecular weight excluding hydrogens is 895 g/mol. The second-order valence-corrected chi connectivity index (χ2v) is 19.3. The standard InChI is InChI=1S/C60H103NO10/c1-4-7-10-13-16-19-22-25-26-27-28-30-33-36-39-42-45-48-55(65)71-58-57(67)56(66)54(49-62)70-60(58)69-50-51(52(63)46-43-40-37-34-32-29-23-20-17-14-11-8-5-2)61-59(68)53(64)47-44-41-38-35-31-24-21-18-15-12-9-6-3/h16,19,25-26,28,30-31,35-36,39,41,43-44,46,51-54,56-58,60,62-64,66-67H,4-15,17-18,20-24,27,29,32-34,37-38,40,42,45,47-50H2,1-3H3,(H,61,68)/b19-16-,26-25-,30-28-,35-31-,39-36-,44-41+,46-43+. The second kappa shape index (κ2) is 47.8. The summed E-state index contributed by atoms with van der Waals surface area (Å²) in [6.45, 7) is 5.66. The van der Waals surface area contributed by atoms with Crippen molar-refractivity contribution in [1.29, 1.82) is 0 Å². The van der Waals surface area contributed by atoms with Crippen molar-refractivity contribution in [2.45, 2.75) is 269 Å². The van der Waals surface area contributed by atoms with Crippen LogP contribution in [0.2, 0.25) is 0 Å². The maximum atomic E-state index is 13.3. The summed E-state index contributed by atoms with van der Waals surface area (Å²) >= 11 is 0. The van der Waals surface area contributed by atoms with Gasteiger partial charge in [0.05, 0.1) is 25.4 Å². The summed E-state index contributed by atoms with van der Waals surface area (Å²) in [6, 6.07) is -1.07. The fourth-order valence-corrected chi connectivity index (χ4v) is 8.21. The number of nitrogens with one attached hydrogen (secondary N) is 1. The van der Waals surface area contributed by atoms with Crippen molar-refractivity contribution in [1.82, 2.24) is 5.32 Å². The van der Waals surface area contributed by atoms with Crippen molar-refractivity contribution in [2.75, 3.05) is 13.2 Å². The van der Waals surface area contributed by atoms with Gasteiger partial charge in [0.15, 0.2) is 12.4 Å². The zero-order chi connectivity index (χ0) is 51.8. The Hall–Kier alpha value is -3.16. The van der Waals surface area contributed by atoms with E-state index in [1.165, 1.54) is 109 Å². The summed E-state index contributed by atoms with van der Waals surface area (Å²) in [6.07, 6.45) is 50.8. The number of hydrogen-bond acceptors (Lipinski definition) is 10. The van der Waals surface area contributed by atoms with E-state index in [0.717, 1.165) is 57.8 Å². The number of allylic oxidation sites excluding steroid dienone is 12.